The Morgan fingerprint density at radius 3 is 1.94 bits per heavy atom. The molecule has 4 heteroatoms. The average Bonchev–Trinajstić information content (AvgIpc) is 2.40. The van der Waals surface area contributed by atoms with Crippen molar-refractivity contribution in [1.29, 1.82) is 0 Å². The van der Waals surface area contributed by atoms with Crippen LogP contribution in [0.5, 0.6) is 5.75 Å². The third-order valence-corrected chi connectivity index (χ3v) is 2.65. The summed E-state index contributed by atoms with van der Waals surface area (Å²) in [5.41, 5.74) is 2.06. The van der Waals surface area contributed by atoms with Gasteiger partial charge in [-0.1, -0.05) is 35.9 Å². The summed E-state index contributed by atoms with van der Waals surface area (Å²) in [5.74, 6) is 0.444. The maximum Gasteiger partial charge on any atom is 0.513 e. The molecule has 0 amide bonds. The molecule has 92 valence electrons. The number of hydrogen-bond donors (Lipinski definition) is 0. The van der Waals surface area contributed by atoms with Crippen LogP contribution < -0.4 is 4.74 Å². The number of carbonyl (C=O) groups excluding carboxylic acids is 1. The molecule has 0 atom stereocenters. The summed E-state index contributed by atoms with van der Waals surface area (Å²) in [6.07, 6.45) is -0.728. The highest BCUT2D eigenvalue weighted by atomic mass is 35.5. The lowest BCUT2D eigenvalue weighted by molar-refractivity contribution is 0.121. The van der Waals surface area contributed by atoms with E-state index in [0.717, 1.165) is 11.1 Å². The summed E-state index contributed by atoms with van der Waals surface area (Å²) in [4.78, 5) is 10.9. The minimum absolute atomic E-state index is 0.444. The summed E-state index contributed by atoms with van der Waals surface area (Å²) >= 11 is 5.83. The Kier molecular flexibility index (Phi) is 3.85. The van der Waals surface area contributed by atoms with E-state index in [1.54, 1.807) is 12.1 Å². The Labute approximate surface area is 110 Å². The first-order valence-electron chi connectivity index (χ1n) is 5.31. The quantitative estimate of drug-likeness (QED) is 0.602. The highest BCUT2D eigenvalue weighted by molar-refractivity contribution is 6.30. The number of ether oxygens (including phenoxy) is 2. The summed E-state index contributed by atoms with van der Waals surface area (Å²) < 4.78 is 9.30. The van der Waals surface area contributed by atoms with Crippen LogP contribution in [-0.2, 0) is 4.74 Å². The first-order chi connectivity index (χ1) is 8.69. The molecule has 0 unspecified atom stereocenters. The summed E-state index contributed by atoms with van der Waals surface area (Å²) in [5, 5.41) is 0.699. The van der Waals surface area contributed by atoms with Crippen molar-refractivity contribution < 1.29 is 14.3 Å². The van der Waals surface area contributed by atoms with E-state index in [0.29, 0.717) is 10.8 Å². The van der Waals surface area contributed by atoms with Gasteiger partial charge in [0.2, 0.25) is 0 Å². The van der Waals surface area contributed by atoms with Gasteiger partial charge in [-0.3, -0.25) is 0 Å². The molecule has 0 spiro atoms. The molecule has 0 saturated carbocycles. The van der Waals surface area contributed by atoms with Gasteiger partial charge >= 0.3 is 6.16 Å². The average molecular weight is 263 g/mol. The van der Waals surface area contributed by atoms with Crippen molar-refractivity contribution in [2.24, 2.45) is 0 Å². The molecule has 3 nitrogen and oxygen atoms in total. The van der Waals surface area contributed by atoms with Gasteiger partial charge in [-0.05, 0) is 35.4 Å². The first-order valence-corrected chi connectivity index (χ1v) is 5.68. The molecular formula is C14H11ClO3. The van der Waals surface area contributed by atoms with E-state index < -0.39 is 6.16 Å². The van der Waals surface area contributed by atoms with Gasteiger partial charge in [0.1, 0.15) is 5.75 Å². The van der Waals surface area contributed by atoms with Crippen molar-refractivity contribution in [1.82, 2.24) is 0 Å². The monoisotopic (exact) mass is 262 g/mol. The van der Waals surface area contributed by atoms with Crippen LogP contribution >= 0.6 is 11.6 Å². The van der Waals surface area contributed by atoms with Crippen molar-refractivity contribution >= 4 is 17.8 Å². The van der Waals surface area contributed by atoms with E-state index in [1.165, 1.54) is 7.11 Å². The van der Waals surface area contributed by atoms with Crippen molar-refractivity contribution in [2.75, 3.05) is 7.11 Å². The fraction of sp³-hybridized carbons (Fsp3) is 0.0714. The van der Waals surface area contributed by atoms with E-state index in [-0.39, 0.29) is 0 Å². The smallest absolute Gasteiger partial charge is 0.437 e. The lowest BCUT2D eigenvalue weighted by Crippen LogP contribution is -2.06. The predicted octanol–water partition coefficient (Wildman–Crippen LogP) is 4.15. The van der Waals surface area contributed by atoms with Gasteiger partial charge in [-0.15, -0.1) is 0 Å². The van der Waals surface area contributed by atoms with Crippen molar-refractivity contribution in [3.05, 3.63) is 53.6 Å². The molecule has 0 saturated heterocycles. The summed E-state index contributed by atoms with van der Waals surface area (Å²) in [6, 6.07) is 14.7. The predicted molar refractivity (Wildman–Crippen MR) is 69.9 cm³/mol. The summed E-state index contributed by atoms with van der Waals surface area (Å²) in [7, 11) is 1.27. The van der Waals surface area contributed by atoms with Crippen molar-refractivity contribution in [3.8, 4) is 16.9 Å². The third kappa shape index (κ3) is 3.02. The van der Waals surface area contributed by atoms with E-state index in [4.69, 9.17) is 16.3 Å². The molecular weight excluding hydrogens is 252 g/mol. The maximum absolute atomic E-state index is 10.9. The SMILES string of the molecule is COC(=O)Oc1ccc(-c2ccc(Cl)cc2)cc1. The molecule has 0 aromatic heterocycles. The topological polar surface area (TPSA) is 35.5 Å². The van der Waals surface area contributed by atoms with Gasteiger partial charge in [0.25, 0.3) is 0 Å². The minimum atomic E-state index is -0.728. The second-order valence-corrected chi connectivity index (χ2v) is 4.02. The normalized spacial score (nSPS) is 9.89. The van der Waals surface area contributed by atoms with E-state index in [1.807, 2.05) is 36.4 Å². The summed E-state index contributed by atoms with van der Waals surface area (Å²) in [6.45, 7) is 0. The molecule has 2 rings (SSSR count). The van der Waals surface area contributed by atoms with Crippen LogP contribution in [0.4, 0.5) is 4.79 Å². The second kappa shape index (κ2) is 5.56. The molecule has 2 aromatic carbocycles. The molecule has 18 heavy (non-hydrogen) atoms. The van der Waals surface area contributed by atoms with Gasteiger partial charge < -0.3 is 9.47 Å². The maximum atomic E-state index is 10.9. The Morgan fingerprint density at radius 1 is 0.944 bits per heavy atom. The van der Waals surface area contributed by atoms with Crippen molar-refractivity contribution in [3.63, 3.8) is 0 Å². The Hall–Kier alpha value is -2.00. The number of hydrogen-bond acceptors (Lipinski definition) is 3. The number of benzene rings is 2. The second-order valence-electron chi connectivity index (χ2n) is 3.59. The van der Waals surface area contributed by atoms with E-state index in [2.05, 4.69) is 4.74 Å². The molecule has 0 N–H and O–H groups in total. The van der Waals surface area contributed by atoms with Gasteiger partial charge in [-0.25, -0.2) is 4.79 Å². The molecule has 0 aliphatic heterocycles. The molecule has 0 radical (unpaired) electrons. The zero-order valence-electron chi connectivity index (χ0n) is 9.72. The van der Waals surface area contributed by atoms with Crippen molar-refractivity contribution in [2.45, 2.75) is 0 Å². The molecule has 0 aliphatic carbocycles. The van der Waals surface area contributed by atoms with Gasteiger partial charge in [0.15, 0.2) is 0 Å². The lowest BCUT2D eigenvalue weighted by atomic mass is 10.1. The Balaban J connectivity index is 2.17. The highest BCUT2D eigenvalue weighted by Crippen LogP contribution is 2.23. The van der Waals surface area contributed by atoms with Gasteiger partial charge in [-0.2, -0.15) is 0 Å². The fourth-order valence-corrected chi connectivity index (χ4v) is 1.62. The number of methoxy groups -OCH3 is 1. The highest BCUT2D eigenvalue weighted by Gasteiger charge is 2.03. The van der Waals surface area contributed by atoms with Crippen LogP contribution in [0, 0.1) is 0 Å². The lowest BCUT2D eigenvalue weighted by Gasteiger charge is -2.05. The Bertz CT molecular complexity index is 532. The standard InChI is InChI=1S/C14H11ClO3/c1-17-14(16)18-13-8-4-11(5-9-13)10-2-6-12(15)7-3-10/h2-9H,1H3. The van der Waals surface area contributed by atoms with Crippen LogP contribution in [0.15, 0.2) is 48.5 Å². The fourth-order valence-electron chi connectivity index (χ4n) is 1.50. The van der Waals surface area contributed by atoms with Crippen LogP contribution in [0.1, 0.15) is 0 Å². The molecule has 0 aliphatic rings. The van der Waals surface area contributed by atoms with Crippen LogP contribution in [-0.4, -0.2) is 13.3 Å². The Morgan fingerprint density at radius 2 is 1.44 bits per heavy atom. The first kappa shape index (κ1) is 12.5. The van der Waals surface area contributed by atoms with Gasteiger partial charge in [0, 0.05) is 5.02 Å². The molecule has 0 bridgehead atoms. The van der Waals surface area contributed by atoms with Crippen LogP contribution in [0.3, 0.4) is 0 Å². The molecule has 0 fully saturated rings. The molecule has 0 heterocycles. The number of carbonyl (C=O) groups is 1. The number of halogens is 1. The van der Waals surface area contributed by atoms with Crippen LogP contribution in [0.25, 0.3) is 11.1 Å². The minimum Gasteiger partial charge on any atom is -0.437 e. The third-order valence-electron chi connectivity index (χ3n) is 2.40. The number of rotatable bonds is 2. The van der Waals surface area contributed by atoms with Crippen LogP contribution in [0.2, 0.25) is 5.02 Å². The molecule has 2 aromatic rings. The van der Waals surface area contributed by atoms with E-state index >= 15 is 0 Å². The van der Waals surface area contributed by atoms with E-state index in [9.17, 15) is 4.79 Å². The van der Waals surface area contributed by atoms with Gasteiger partial charge in [0.05, 0.1) is 7.11 Å². The largest absolute Gasteiger partial charge is 0.513 e. The zero-order valence-corrected chi connectivity index (χ0v) is 10.5. The zero-order chi connectivity index (χ0) is 13.0.